The normalized spacial score (nSPS) is 13.2. The predicted molar refractivity (Wildman–Crippen MR) is 75.2 cm³/mol. The van der Waals surface area contributed by atoms with Gasteiger partial charge in [0, 0.05) is 21.6 Å². The van der Waals surface area contributed by atoms with E-state index in [-0.39, 0.29) is 11.0 Å². The number of hydrogen-bond acceptors (Lipinski definition) is 4. The summed E-state index contributed by atoms with van der Waals surface area (Å²) in [6.07, 6.45) is 2.10. The minimum absolute atomic E-state index is 0.0686. The lowest BCUT2D eigenvalue weighted by molar-refractivity contribution is 0.511. The SMILES string of the molecule is CSCc1nc(C(C)(C)C)c(C(C)(C)N)s1. The summed E-state index contributed by atoms with van der Waals surface area (Å²) in [5.41, 5.74) is 7.16. The van der Waals surface area contributed by atoms with E-state index in [9.17, 15) is 0 Å². The number of aromatic nitrogens is 1. The Morgan fingerprint density at radius 3 is 2.12 bits per heavy atom. The first-order valence-corrected chi connectivity index (χ1v) is 7.65. The molecule has 2 nitrogen and oxygen atoms in total. The number of nitrogens with zero attached hydrogens (tertiary/aromatic N) is 1. The number of thioether (sulfide) groups is 1. The summed E-state index contributed by atoms with van der Waals surface area (Å²) in [6, 6.07) is 0. The average molecular weight is 258 g/mol. The summed E-state index contributed by atoms with van der Waals surface area (Å²) in [6.45, 7) is 10.7. The van der Waals surface area contributed by atoms with Gasteiger partial charge in [-0.1, -0.05) is 20.8 Å². The molecule has 2 N–H and O–H groups in total. The lowest BCUT2D eigenvalue weighted by atomic mass is 9.87. The van der Waals surface area contributed by atoms with Crippen LogP contribution in [0.3, 0.4) is 0 Å². The second kappa shape index (κ2) is 4.67. The highest BCUT2D eigenvalue weighted by Gasteiger charge is 2.29. The van der Waals surface area contributed by atoms with Gasteiger partial charge >= 0.3 is 0 Å². The van der Waals surface area contributed by atoms with Crippen molar-refractivity contribution in [1.82, 2.24) is 4.98 Å². The molecule has 0 aromatic carbocycles. The van der Waals surface area contributed by atoms with Crippen LogP contribution in [0.15, 0.2) is 0 Å². The van der Waals surface area contributed by atoms with Crippen molar-refractivity contribution >= 4 is 23.1 Å². The molecule has 0 spiro atoms. The maximum absolute atomic E-state index is 6.23. The van der Waals surface area contributed by atoms with Crippen molar-refractivity contribution in [2.45, 2.75) is 51.3 Å². The molecule has 4 heteroatoms. The summed E-state index contributed by atoms with van der Waals surface area (Å²) < 4.78 is 0. The highest BCUT2D eigenvalue weighted by molar-refractivity contribution is 7.97. The lowest BCUT2D eigenvalue weighted by Gasteiger charge is -2.24. The van der Waals surface area contributed by atoms with Crippen LogP contribution in [-0.2, 0) is 16.7 Å². The minimum atomic E-state index is -0.295. The molecule has 0 amide bonds. The van der Waals surface area contributed by atoms with Gasteiger partial charge in [-0.05, 0) is 20.1 Å². The fraction of sp³-hybridized carbons (Fsp3) is 0.750. The second-order valence-corrected chi connectivity index (χ2v) is 7.64. The van der Waals surface area contributed by atoms with Crippen LogP contribution in [0.4, 0.5) is 0 Å². The first-order chi connectivity index (χ1) is 7.16. The van der Waals surface area contributed by atoms with Crippen molar-refractivity contribution < 1.29 is 0 Å². The lowest BCUT2D eigenvalue weighted by Crippen LogP contribution is -2.31. The van der Waals surface area contributed by atoms with Gasteiger partial charge in [0.2, 0.25) is 0 Å². The van der Waals surface area contributed by atoms with Crippen molar-refractivity contribution in [3.63, 3.8) is 0 Å². The molecule has 1 aromatic rings. The van der Waals surface area contributed by atoms with Gasteiger partial charge in [0.1, 0.15) is 5.01 Å². The van der Waals surface area contributed by atoms with Gasteiger partial charge in [0.05, 0.1) is 5.69 Å². The van der Waals surface area contributed by atoms with Crippen LogP contribution >= 0.6 is 23.1 Å². The zero-order valence-electron chi connectivity index (χ0n) is 11.0. The average Bonchev–Trinajstić information content (AvgIpc) is 2.47. The molecule has 0 aliphatic carbocycles. The molecule has 0 aliphatic rings. The molecule has 0 unspecified atom stereocenters. The predicted octanol–water partition coefficient (Wildman–Crippen LogP) is 3.50. The van der Waals surface area contributed by atoms with E-state index in [2.05, 4.69) is 40.9 Å². The van der Waals surface area contributed by atoms with E-state index < -0.39 is 0 Å². The van der Waals surface area contributed by atoms with Gasteiger partial charge < -0.3 is 5.73 Å². The molecule has 92 valence electrons. The third-order valence-electron chi connectivity index (χ3n) is 2.23. The third kappa shape index (κ3) is 3.22. The molecular formula is C12H22N2S2. The Balaban J connectivity index is 3.24. The molecule has 1 rings (SSSR count). The smallest absolute Gasteiger partial charge is 0.103 e. The van der Waals surface area contributed by atoms with Crippen molar-refractivity contribution in [3.8, 4) is 0 Å². The van der Waals surface area contributed by atoms with Crippen LogP contribution in [0, 0.1) is 0 Å². The molecular weight excluding hydrogens is 236 g/mol. The Bertz CT molecular complexity index is 325. The Hall–Kier alpha value is -0.0600. The highest BCUT2D eigenvalue weighted by atomic mass is 32.2. The maximum Gasteiger partial charge on any atom is 0.103 e. The largest absolute Gasteiger partial charge is 0.321 e. The van der Waals surface area contributed by atoms with E-state index >= 15 is 0 Å². The molecule has 0 atom stereocenters. The molecule has 0 radical (unpaired) electrons. The van der Waals surface area contributed by atoms with Gasteiger partial charge in [0.15, 0.2) is 0 Å². The molecule has 1 aromatic heterocycles. The van der Waals surface area contributed by atoms with Crippen LogP contribution in [0.2, 0.25) is 0 Å². The van der Waals surface area contributed by atoms with Crippen molar-refractivity contribution in [2.24, 2.45) is 5.73 Å². The van der Waals surface area contributed by atoms with E-state index in [1.54, 1.807) is 23.1 Å². The summed E-state index contributed by atoms with van der Waals surface area (Å²) in [7, 11) is 0. The van der Waals surface area contributed by atoms with Crippen molar-refractivity contribution in [2.75, 3.05) is 6.26 Å². The first kappa shape index (κ1) is 14.0. The number of thiazole rings is 1. The van der Waals surface area contributed by atoms with Gasteiger partial charge in [-0.25, -0.2) is 4.98 Å². The van der Waals surface area contributed by atoms with Crippen LogP contribution in [0.1, 0.15) is 50.2 Å². The monoisotopic (exact) mass is 258 g/mol. The first-order valence-electron chi connectivity index (χ1n) is 5.44. The van der Waals surface area contributed by atoms with E-state index in [1.807, 2.05) is 0 Å². The summed E-state index contributed by atoms with van der Waals surface area (Å²) in [5.74, 6) is 0.976. The molecule has 0 saturated heterocycles. The quantitative estimate of drug-likeness (QED) is 0.902. The van der Waals surface area contributed by atoms with Crippen LogP contribution in [0.25, 0.3) is 0 Å². The van der Waals surface area contributed by atoms with E-state index in [4.69, 9.17) is 10.7 Å². The minimum Gasteiger partial charge on any atom is -0.321 e. The van der Waals surface area contributed by atoms with E-state index in [0.29, 0.717) is 0 Å². The summed E-state index contributed by atoms with van der Waals surface area (Å²) in [4.78, 5) is 5.98. The molecule has 16 heavy (non-hydrogen) atoms. The number of rotatable bonds is 3. The van der Waals surface area contributed by atoms with E-state index in [0.717, 1.165) is 11.4 Å². The maximum atomic E-state index is 6.23. The Labute approximate surface area is 107 Å². The van der Waals surface area contributed by atoms with Crippen LogP contribution in [-0.4, -0.2) is 11.2 Å². The second-order valence-electron chi connectivity index (χ2n) is 5.69. The zero-order valence-corrected chi connectivity index (χ0v) is 12.7. The topological polar surface area (TPSA) is 38.9 Å². The summed E-state index contributed by atoms with van der Waals surface area (Å²) in [5, 5.41) is 1.19. The van der Waals surface area contributed by atoms with Crippen molar-refractivity contribution in [3.05, 3.63) is 15.6 Å². The molecule has 0 fully saturated rings. The Kier molecular flexibility index (Phi) is 4.08. The van der Waals surface area contributed by atoms with Crippen LogP contribution in [0.5, 0.6) is 0 Å². The Morgan fingerprint density at radius 2 is 1.81 bits per heavy atom. The summed E-state index contributed by atoms with van der Waals surface area (Å²) >= 11 is 3.57. The van der Waals surface area contributed by atoms with Crippen LogP contribution < -0.4 is 5.73 Å². The highest BCUT2D eigenvalue weighted by Crippen LogP contribution is 2.36. The molecule has 0 saturated carbocycles. The van der Waals surface area contributed by atoms with Crippen molar-refractivity contribution in [1.29, 1.82) is 0 Å². The standard InChI is InChI=1S/C12H22N2S2/c1-11(2,3)9-10(12(4,5)13)16-8(14-9)7-15-6/h7,13H2,1-6H3. The number of hydrogen-bond donors (Lipinski definition) is 1. The van der Waals surface area contributed by atoms with Gasteiger partial charge in [-0.3, -0.25) is 0 Å². The fourth-order valence-electron chi connectivity index (χ4n) is 1.49. The zero-order chi connectivity index (χ0) is 12.6. The Morgan fingerprint density at radius 1 is 1.25 bits per heavy atom. The van der Waals surface area contributed by atoms with Gasteiger partial charge in [-0.15, -0.1) is 11.3 Å². The van der Waals surface area contributed by atoms with Gasteiger partial charge in [-0.2, -0.15) is 11.8 Å². The van der Waals surface area contributed by atoms with Gasteiger partial charge in [0.25, 0.3) is 0 Å². The van der Waals surface area contributed by atoms with E-state index in [1.165, 1.54) is 9.88 Å². The molecule has 1 heterocycles. The fourth-order valence-corrected chi connectivity index (χ4v) is 3.48. The third-order valence-corrected chi connectivity index (χ3v) is 4.37. The molecule has 0 bridgehead atoms. The molecule has 0 aliphatic heterocycles. The number of nitrogens with two attached hydrogens (primary N) is 1.